The Bertz CT molecular complexity index is 1320. The van der Waals surface area contributed by atoms with Gasteiger partial charge in [0, 0.05) is 0 Å². The zero-order valence-corrected chi connectivity index (χ0v) is 19.7. The summed E-state index contributed by atoms with van der Waals surface area (Å²) in [7, 11) is -3.15. The summed E-state index contributed by atoms with van der Waals surface area (Å²) < 4.78 is 76.1. The van der Waals surface area contributed by atoms with E-state index in [-0.39, 0.29) is 24.0 Å². The average Bonchev–Trinajstić information content (AvgIpc) is 3.18. The number of alkyl halides is 3. The number of anilines is 1. The van der Waals surface area contributed by atoms with Crippen molar-refractivity contribution in [3.63, 3.8) is 0 Å². The third-order valence-corrected chi connectivity index (χ3v) is 8.17. The van der Waals surface area contributed by atoms with Crippen molar-refractivity contribution < 1.29 is 40.7 Å². The molecule has 1 amide bonds. The number of halogens is 4. The van der Waals surface area contributed by atoms with Gasteiger partial charge in [0.25, 0.3) is 0 Å². The first kappa shape index (κ1) is 25.9. The lowest BCUT2D eigenvalue weighted by Crippen LogP contribution is -2.40. The van der Waals surface area contributed by atoms with Gasteiger partial charge in [0.15, 0.2) is 9.84 Å². The molecule has 0 bridgehead atoms. The van der Waals surface area contributed by atoms with Gasteiger partial charge in [-0.25, -0.2) is 12.8 Å². The van der Waals surface area contributed by atoms with Crippen LogP contribution in [0.15, 0.2) is 48.5 Å². The zero-order chi connectivity index (χ0) is 26.3. The molecule has 1 fully saturated rings. The highest BCUT2D eigenvalue weighted by Crippen LogP contribution is 2.43. The molecule has 1 aliphatic heterocycles. The van der Waals surface area contributed by atoms with Crippen LogP contribution in [0, 0.1) is 17.7 Å². The zero-order valence-electron chi connectivity index (χ0n) is 18.9. The number of carboxylic acid groups (broad SMARTS) is 1. The van der Waals surface area contributed by atoms with Crippen LogP contribution in [0.5, 0.6) is 0 Å². The van der Waals surface area contributed by atoms with Crippen molar-refractivity contribution in [3.05, 3.63) is 71.0 Å². The van der Waals surface area contributed by atoms with Gasteiger partial charge < -0.3 is 10.4 Å². The van der Waals surface area contributed by atoms with Crippen LogP contribution >= 0.6 is 0 Å². The lowest BCUT2D eigenvalue weighted by atomic mass is 9.69. The maximum Gasteiger partial charge on any atom is 0.416 e. The summed E-state index contributed by atoms with van der Waals surface area (Å²) in [6, 6.07) is 8.62. The van der Waals surface area contributed by atoms with E-state index in [1.165, 1.54) is 0 Å². The second-order valence-corrected chi connectivity index (χ2v) is 11.2. The van der Waals surface area contributed by atoms with Gasteiger partial charge in [-0.15, -0.1) is 0 Å². The predicted octanol–water partition coefficient (Wildman–Crippen LogP) is 4.88. The Kier molecular flexibility index (Phi) is 6.96. The third-order valence-electron chi connectivity index (χ3n) is 6.74. The van der Waals surface area contributed by atoms with Gasteiger partial charge in [-0.1, -0.05) is 36.8 Å². The van der Waals surface area contributed by atoms with Crippen LogP contribution < -0.4 is 5.32 Å². The number of hydrogen-bond donors (Lipinski definition) is 2. The maximum atomic E-state index is 14.2. The summed E-state index contributed by atoms with van der Waals surface area (Å²) in [5, 5.41) is 12.2. The van der Waals surface area contributed by atoms with Crippen molar-refractivity contribution in [1.29, 1.82) is 0 Å². The van der Waals surface area contributed by atoms with Gasteiger partial charge in [-0.3, -0.25) is 9.59 Å². The highest BCUT2D eigenvalue weighted by atomic mass is 32.2. The highest BCUT2D eigenvalue weighted by molar-refractivity contribution is 7.92. The number of hydrogen-bond acceptors (Lipinski definition) is 4. The standard InChI is InChI=1S/C25H23F4NO5S/c26-20-12-17(25(27,28)29)8-9-21(20)30-23(31)19-3-1-2-18(22(19)24(32)33)15-6-4-14(5-7-15)16-10-11-36(34,35)13-16/h4-10,12,18-19,22H,1-3,11,13H2,(H,30,31)(H,32,33)/t18-,19-,22-/m1/s1. The minimum atomic E-state index is -4.74. The molecule has 0 spiro atoms. The maximum absolute atomic E-state index is 14.2. The summed E-state index contributed by atoms with van der Waals surface area (Å²) in [6.07, 6.45) is -1.86. The molecule has 11 heteroatoms. The summed E-state index contributed by atoms with van der Waals surface area (Å²) in [6.45, 7) is 0. The molecular weight excluding hydrogens is 502 g/mol. The molecule has 6 nitrogen and oxygen atoms in total. The van der Waals surface area contributed by atoms with Gasteiger partial charge in [0.05, 0.1) is 34.6 Å². The molecule has 192 valence electrons. The lowest BCUT2D eigenvalue weighted by molar-refractivity contribution is -0.148. The number of benzene rings is 2. The Morgan fingerprint density at radius 1 is 1.03 bits per heavy atom. The van der Waals surface area contributed by atoms with E-state index in [2.05, 4.69) is 5.32 Å². The van der Waals surface area contributed by atoms with Crippen LogP contribution in [-0.4, -0.2) is 36.9 Å². The number of sulfone groups is 1. The van der Waals surface area contributed by atoms with Crippen LogP contribution in [0.1, 0.15) is 41.9 Å². The van der Waals surface area contributed by atoms with Crippen molar-refractivity contribution in [2.45, 2.75) is 31.4 Å². The Morgan fingerprint density at radius 3 is 2.28 bits per heavy atom. The summed E-state index contributed by atoms with van der Waals surface area (Å²) >= 11 is 0. The number of carbonyl (C=O) groups is 2. The molecule has 0 radical (unpaired) electrons. The first-order valence-corrected chi connectivity index (χ1v) is 13.1. The minimum absolute atomic E-state index is 0.0237. The molecule has 2 aliphatic rings. The molecule has 1 heterocycles. The van der Waals surface area contributed by atoms with E-state index >= 15 is 0 Å². The van der Waals surface area contributed by atoms with E-state index in [0.717, 1.165) is 11.6 Å². The molecule has 1 saturated carbocycles. The van der Waals surface area contributed by atoms with E-state index in [0.29, 0.717) is 30.0 Å². The Balaban J connectivity index is 1.53. The third kappa shape index (κ3) is 5.45. The normalized spacial score (nSPS) is 23.7. The SMILES string of the molecule is O=C(O)[C@@H]1[C@@H](c2ccc(C3=CCS(=O)(=O)C3)cc2)CCC[C@H]1C(=O)Nc1ccc(C(F)(F)F)cc1F. The van der Waals surface area contributed by atoms with Crippen molar-refractivity contribution >= 4 is 33.0 Å². The minimum Gasteiger partial charge on any atom is -0.481 e. The van der Waals surface area contributed by atoms with E-state index in [1.807, 2.05) is 0 Å². The van der Waals surface area contributed by atoms with Crippen LogP contribution in [0.2, 0.25) is 0 Å². The number of aliphatic carboxylic acids is 1. The quantitative estimate of drug-likeness (QED) is 0.542. The van der Waals surface area contributed by atoms with Crippen molar-refractivity contribution in [3.8, 4) is 0 Å². The van der Waals surface area contributed by atoms with Crippen molar-refractivity contribution in [2.75, 3.05) is 16.8 Å². The molecule has 0 unspecified atom stereocenters. The largest absolute Gasteiger partial charge is 0.481 e. The van der Waals surface area contributed by atoms with E-state index in [1.54, 1.807) is 30.3 Å². The Labute approximate surface area is 204 Å². The second kappa shape index (κ2) is 9.68. The van der Waals surface area contributed by atoms with Crippen LogP contribution in [-0.2, 0) is 25.6 Å². The molecule has 0 aromatic heterocycles. The fourth-order valence-corrected chi connectivity index (χ4v) is 6.29. The number of nitrogens with one attached hydrogen (secondary N) is 1. The Hall–Kier alpha value is -3.21. The molecule has 2 aromatic rings. The van der Waals surface area contributed by atoms with Gasteiger partial charge in [-0.05, 0) is 53.7 Å². The smallest absolute Gasteiger partial charge is 0.416 e. The molecule has 2 aromatic carbocycles. The van der Waals surface area contributed by atoms with E-state index < -0.39 is 62.7 Å². The fourth-order valence-electron chi connectivity index (χ4n) is 4.96. The van der Waals surface area contributed by atoms with Crippen molar-refractivity contribution in [1.82, 2.24) is 0 Å². The number of carbonyl (C=O) groups excluding carboxylic acids is 1. The van der Waals surface area contributed by atoms with Gasteiger partial charge in [0.1, 0.15) is 5.82 Å². The molecule has 2 N–H and O–H groups in total. The van der Waals surface area contributed by atoms with Crippen LogP contribution in [0.25, 0.3) is 5.57 Å². The highest BCUT2D eigenvalue weighted by Gasteiger charge is 2.43. The second-order valence-electron chi connectivity index (χ2n) is 9.10. The van der Waals surface area contributed by atoms with Gasteiger partial charge in [-0.2, -0.15) is 13.2 Å². The molecule has 1 aliphatic carbocycles. The molecule has 3 atom stereocenters. The van der Waals surface area contributed by atoms with E-state index in [9.17, 15) is 40.7 Å². The van der Waals surface area contributed by atoms with Crippen LogP contribution in [0.3, 0.4) is 0 Å². The topological polar surface area (TPSA) is 101 Å². The Morgan fingerprint density at radius 2 is 1.72 bits per heavy atom. The molecule has 36 heavy (non-hydrogen) atoms. The number of carboxylic acids is 1. The summed E-state index contributed by atoms with van der Waals surface area (Å²) in [5.41, 5.74) is 0.410. The predicted molar refractivity (Wildman–Crippen MR) is 124 cm³/mol. The first-order valence-electron chi connectivity index (χ1n) is 11.3. The monoisotopic (exact) mass is 525 g/mol. The first-order chi connectivity index (χ1) is 16.9. The summed E-state index contributed by atoms with van der Waals surface area (Å²) in [5.74, 6) is -6.01. The molecule has 0 saturated heterocycles. The molecule has 4 rings (SSSR count). The lowest BCUT2D eigenvalue weighted by Gasteiger charge is -2.35. The summed E-state index contributed by atoms with van der Waals surface area (Å²) in [4.78, 5) is 25.2. The number of amides is 1. The van der Waals surface area contributed by atoms with Crippen LogP contribution in [0.4, 0.5) is 23.2 Å². The van der Waals surface area contributed by atoms with Crippen molar-refractivity contribution in [2.24, 2.45) is 11.8 Å². The number of rotatable bonds is 5. The van der Waals surface area contributed by atoms with Gasteiger partial charge >= 0.3 is 12.1 Å². The fraction of sp³-hybridized carbons (Fsp3) is 0.360. The van der Waals surface area contributed by atoms with E-state index in [4.69, 9.17) is 0 Å². The molecular formula is C25H23F4NO5S. The average molecular weight is 526 g/mol. The van der Waals surface area contributed by atoms with Gasteiger partial charge in [0.2, 0.25) is 5.91 Å².